The van der Waals surface area contributed by atoms with Gasteiger partial charge in [0.25, 0.3) is 0 Å². The molecule has 1 aliphatic rings. The zero-order valence-corrected chi connectivity index (χ0v) is 8.46. The highest BCUT2D eigenvalue weighted by Gasteiger charge is 2.33. The maximum Gasteiger partial charge on any atom is 0.138 e. The molecule has 78 valence electrons. The second-order valence-corrected chi connectivity index (χ2v) is 3.90. The average Bonchev–Trinajstić information content (AvgIpc) is 2.30. The highest BCUT2D eigenvalue weighted by atomic mass is 19.1. The van der Waals surface area contributed by atoms with Gasteiger partial charge in [0.05, 0.1) is 11.6 Å². The first-order valence-electron chi connectivity index (χ1n) is 5.15. The minimum absolute atomic E-state index is 0.513. The monoisotopic (exact) mass is 204 g/mol. The highest BCUT2D eigenvalue weighted by molar-refractivity contribution is 5.34. The van der Waals surface area contributed by atoms with Crippen molar-refractivity contribution in [1.29, 1.82) is 5.26 Å². The summed E-state index contributed by atoms with van der Waals surface area (Å²) in [6.07, 6.45) is 1.03. The van der Waals surface area contributed by atoms with E-state index in [-0.39, 0.29) is 0 Å². The van der Waals surface area contributed by atoms with Crippen LogP contribution in [-0.4, -0.2) is 13.1 Å². The standard InChI is InChI=1S/C12H13FN2/c13-12(5-7-15-8-6-12)11-3-1-10(9-14)2-4-11/h1-4,15H,5-8H2. The quantitative estimate of drug-likeness (QED) is 0.760. The van der Waals surface area contributed by atoms with E-state index in [9.17, 15) is 4.39 Å². The Morgan fingerprint density at radius 3 is 2.33 bits per heavy atom. The fraction of sp³-hybridized carbons (Fsp3) is 0.417. The SMILES string of the molecule is N#Cc1ccc(C2(F)CCNCC2)cc1. The number of nitriles is 1. The van der Waals surface area contributed by atoms with Gasteiger partial charge in [-0.15, -0.1) is 0 Å². The predicted octanol–water partition coefficient (Wildman–Crippen LogP) is 2.11. The van der Waals surface area contributed by atoms with E-state index >= 15 is 0 Å². The summed E-state index contributed by atoms with van der Waals surface area (Å²) < 4.78 is 14.4. The van der Waals surface area contributed by atoms with Gasteiger partial charge < -0.3 is 5.32 Å². The second-order valence-electron chi connectivity index (χ2n) is 3.90. The molecule has 1 saturated heterocycles. The molecular weight excluding hydrogens is 191 g/mol. The van der Waals surface area contributed by atoms with E-state index in [1.807, 2.05) is 6.07 Å². The lowest BCUT2D eigenvalue weighted by Crippen LogP contribution is -2.36. The molecule has 0 unspecified atom stereocenters. The highest BCUT2D eigenvalue weighted by Crippen LogP contribution is 2.34. The summed E-state index contributed by atoms with van der Waals surface area (Å²) in [5.41, 5.74) is 0.0680. The van der Waals surface area contributed by atoms with E-state index in [1.54, 1.807) is 24.3 Å². The van der Waals surface area contributed by atoms with E-state index in [0.29, 0.717) is 24.0 Å². The zero-order valence-electron chi connectivity index (χ0n) is 8.46. The summed E-state index contributed by atoms with van der Waals surface area (Å²) in [6.45, 7) is 1.44. The van der Waals surface area contributed by atoms with Gasteiger partial charge in [-0.25, -0.2) is 4.39 Å². The van der Waals surface area contributed by atoms with Crippen molar-refractivity contribution in [2.75, 3.05) is 13.1 Å². The molecule has 0 aliphatic carbocycles. The molecule has 0 saturated carbocycles. The Bertz CT molecular complexity index is 372. The van der Waals surface area contributed by atoms with Gasteiger partial charge in [-0.3, -0.25) is 0 Å². The van der Waals surface area contributed by atoms with Gasteiger partial charge in [-0.1, -0.05) is 12.1 Å². The maximum atomic E-state index is 14.4. The Morgan fingerprint density at radius 1 is 1.20 bits per heavy atom. The molecule has 15 heavy (non-hydrogen) atoms. The van der Waals surface area contributed by atoms with Crippen LogP contribution in [0.1, 0.15) is 24.0 Å². The number of piperidine rings is 1. The number of rotatable bonds is 1. The summed E-state index contributed by atoms with van der Waals surface area (Å²) in [5, 5.41) is 11.8. The molecule has 1 aromatic rings. The molecule has 1 aliphatic heterocycles. The van der Waals surface area contributed by atoms with Gasteiger partial charge >= 0.3 is 0 Å². The molecule has 0 bridgehead atoms. The van der Waals surface area contributed by atoms with Gasteiger partial charge in [0, 0.05) is 0 Å². The molecule has 1 heterocycles. The van der Waals surface area contributed by atoms with Crippen LogP contribution >= 0.6 is 0 Å². The van der Waals surface area contributed by atoms with Crippen LogP contribution in [0.15, 0.2) is 24.3 Å². The van der Waals surface area contributed by atoms with Crippen LogP contribution in [0.5, 0.6) is 0 Å². The van der Waals surface area contributed by atoms with Crippen LogP contribution in [0.25, 0.3) is 0 Å². The Kier molecular flexibility index (Phi) is 2.70. The molecule has 0 aromatic heterocycles. The van der Waals surface area contributed by atoms with E-state index in [4.69, 9.17) is 5.26 Å². The minimum atomic E-state index is -1.21. The summed E-state index contributed by atoms with van der Waals surface area (Å²) in [4.78, 5) is 0. The first-order valence-corrected chi connectivity index (χ1v) is 5.15. The number of hydrogen-bond acceptors (Lipinski definition) is 2. The van der Waals surface area contributed by atoms with Crippen molar-refractivity contribution in [3.8, 4) is 6.07 Å². The van der Waals surface area contributed by atoms with Crippen molar-refractivity contribution in [2.45, 2.75) is 18.5 Å². The van der Waals surface area contributed by atoms with Gasteiger partial charge in [-0.05, 0) is 43.6 Å². The Labute approximate surface area is 88.7 Å². The second kappa shape index (κ2) is 4.00. The van der Waals surface area contributed by atoms with Crippen LogP contribution in [0.2, 0.25) is 0 Å². The summed E-state index contributed by atoms with van der Waals surface area (Å²) in [7, 11) is 0. The van der Waals surface area contributed by atoms with Crippen LogP contribution in [-0.2, 0) is 5.67 Å². The van der Waals surface area contributed by atoms with Crippen molar-refractivity contribution in [2.24, 2.45) is 0 Å². The lowest BCUT2D eigenvalue weighted by Gasteiger charge is -2.30. The van der Waals surface area contributed by atoms with Crippen LogP contribution < -0.4 is 5.32 Å². The first-order chi connectivity index (χ1) is 7.24. The van der Waals surface area contributed by atoms with Gasteiger partial charge in [0.15, 0.2) is 0 Å². The molecule has 1 aromatic carbocycles. The predicted molar refractivity (Wildman–Crippen MR) is 56.0 cm³/mol. The Balaban J connectivity index is 2.24. The first kappa shape index (κ1) is 10.1. The van der Waals surface area contributed by atoms with Crippen molar-refractivity contribution in [3.63, 3.8) is 0 Å². The third-order valence-electron chi connectivity index (χ3n) is 2.93. The zero-order chi connectivity index (χ0) is 10.7. The third-order valence-corrected chi connectivity index (χ3v) is 2.93. The topological polar surface area (TPSA) is 35.8 Å². The molecule has 0 radical (unpaired) electrons. The maximum absolute atomic E-state index is 14.4. The number of benzene rings is 1. The van der Waals surface area contributed by atoms with Crippen LogP contribution in [0, 0.1) is 11.3 Å². The molecule has 1 fully saturated rings. The number of alkyl halides is 1. The largest absolute Gasteiger partial charge is 0.316 e. The number of nitrogens with zero attached hydrogens (tertiary/aromatic N) is 1. The van der Waals surface area contributed by atoms with Crippen molar-refractivity contribution >= 4 is 0 Å². The molecule has 0 atom stereocenters. The van der Waals surface area contributed by atoms with Gasteiger partial charge in [0.1, 0.15) is 5.67 Å². The van der Waals surface area contributed by atoms with Crippen molar-refractivity contribution < 1.29 is 4.39 Å². The minimum Gasteiger partial charge on any atom is -0.316 e. The van der Waals surface area contributed by atoms with Gasteiger partial charge in [0.2, 0.25) is 0 Å². The van der Waals surface area contributed by atoms with E-state index in [0.717, 1.165) is 13.1 Å². The summed E-state index contributed by atoms with van der Waals surface area (Å²) >= 11 is 0. The lowest BCUT2D eigenvalue weighted by atomic mass is 9.86. The number of nitrogens with one attached hydrogen (secondary N) is 1. The summed E-state index contributed by atoms with van der Waals surface area (Å²) in [6, 6.07) is 8.85. The molecule has 0 amide bonds. The normalized spacial score (nSPS) is 19.5. The molecule has 2 rings (SSSR count). The van der Waals surface area contributed by atoms with E-state index in [2.05, 4.69) is 5.32 Å². The Hall–Kier alpha value is -1.40. The third kappa shape index (κ3) is 2.00. The molecular formula is C12H13FN2. The van der Waals surface area contributed by atoms with Crippen LogP contribution in [0.3, 0.4) is 0 Å². The molecule has 0 spiro atoms. The average molecular weight is 204 g/mol. The summed E-state index contributed by atoms with van der Waals surface area (Å²) in [5.74, 6) is 0. The smallest absolute Gasteiger partial charge is 0.138 e. The molecule has 3 heteroatoms. The van der Waals surface area contributed by atoms with Crippen molar-refractivity contribution in [1.82, 2.24) is 5.32 Å². The number of hydrogen-bond donors (Lipinski definition) is 1. The Morgan fingerprint density at radius 2 is 1.80 bits per heavy atom. The molecule has 2 nitrogen and oxygen atoms in total. The fourth-order valence-corrected chi connectivity index (χ4v) is 1.96. The molecule has 1 N–H and O–H groups in total. The van der Waals surface area contributed by atoms with E-state index in [1.165, 1.54) is 0 Å². The fourth-order valence-electron chi connectivity index (χ4n) is 1.96. The lowest BCUT2D eigenvalue weighted by molar-refractivity contribution is 0.115. The van der Waals surface area contributed by atoms with Gasteiger partial charge in [-0.2, -0.15) is 5.26 Å². The number of halogens is 1. The van der Waals surface area contributed by atoms with Crippen LogP contribution in [0.4, 0.5) is 4.39 Å². The van der Waals surface area contributed by atoms with E-state index < -0.39 is 5.67 Å². The van der Waals surface area contributed by atoms with Crippen molar-refractivity contribution in [3.05, 3.63) is 35.4 Å².